The third-order valence-electron chi connectivity index (χ3n) is 4.75. The van der Waals surface area contributed by atoms with Gasteiger partial charge in [-0.05, 0) is 24.1 Å². The van der Waals surface area contributed by atoms with Crippen molar-refractivity contribution >= 4 is 16.0 Å². The Morgan fingerprint density at radius 3 is 2.37 bits per heavy atom. The molecule has 0 amide bonds. The number of para-hydroxylation sites is 1. The highest BCUT2D eigenvalue weighted by atomic mass is 32.2. The second-order valence-corrected chi connectivity index (χ2v) is 8.19. The molecule has 0 bridgehead atoms. The van der Waals surface area contributed by atoms with E-state index >= 15 is 0 Å². The Balaban J connectivity index is 1.61. The van der Waals surface area contributed by atoms with E-state index in [0.717, 1.165) is 5.56 Å². The Labute approximate surface area is 156 Å². The van der Waals surface area contributed by atoms with Crippen LogP contribution < -0.4 is 4.72 Å². The molecule has 138 valence electrons. The van der Waals surface area contributed by atoms with Crippen molar-refractivity contribution in [3.8, 4) is 5.69 Å². The summed E-state index contributed by atoms with van der Waals surface area (Å²) in [5.74, 6) is -1.59. The molecule has 1 aliphatic carbocycles. The van der Waals surface area contributed by atoms with E-state index < -0.39 is 27.4 Å². The molecule has 27 heavy (non-hydrogen) atoms. The van der Waals surface area contributed by atoms with Gasteiger partial charge in [0.25, 0.3) is 0 Å². The molecule has 0 spiro atoms. The summed E-state index contributed by atoms with van der Waals surface area (Å²) < 4.78 is 29.4. The second-order valence-electron chi connectivity index (χ2n) is 6.51. The lowest BCUT2D eigenvalue weighted by Gasteiger charge is -2.14. The van der Waals surface area contributed by atoms with E-state index in [1.54, 1.807) is 36.4 Å². The quantitative estimate of drug-likeness (QED) is 0.679. The van der Waals surface area contributed by atoms with E-state index in [2.05, 4.69) is 9.82 Å². The molecule has 7 nitrogen and oxygen atoms in total. The van der Waals surface area contributed by atoms with Crippen LogP contribution in [0.1, 0.15) is 17.9 Å². The summed E-state index contributed by atoms with van der Waals surface area (Å²) >= 11 is 0. The summed E-state index contributed by atoms with van der Waals surface area (Å²) in [6.45, 7) is 0. The summed E-state index contributed by atoms with van der Waals surface area (Å²) in [7, 11) is -4.04. The summed E-state index contributed by atoms with van der Waals surface area (Å²) in [4.78, 5) is 11.8. The molecule has 2 aromatic carbocycles. The van der Waals surface area contributed by atoms with Gasteiger partial charge in [-0.25, -0.2) is 13.1 Å². The minimum atomic E-state index is -4.04. The van der Waals surface area contributed by atoms with Crippen molar-refractivity contribution in [2.45, 2.75) is 22.8 Å². The number of sulfonamides is 1. The number of carboxylic acids is 1. The number of aliphatic carboxylic acids is 1. The largest absolute Gasteiger partial charge is 0.480 e. The number of nitrogens with one attached hydrogen (secondary N) is 1. The van der Waals surface area contributed by atoms with Crippen LogP contribution in [0.25, 0.3) is 5.69 Å². The van der Waals surface area contributed by atoms with Crippen LogP contribution >= 0.6 is 0 Å². The molecule has 4 rings (SSSR count). The fourth-order valence-electron chi connectivity index (χ4n) is 3.21. The van der Waals surface area contributed by atoms with Gasteiger partial charge in [0.05, 0.1) is 18.1 Å². The normalized spacial score (nSPS) is 21.7. The maximum Gasteiger partial charge on any atom is 0.325 e. The van der Waals surface area contributed by atoms with E-state index in [-0.39, 0.29) is 11.3 Å². The molecular formula is C19H17N3O4S. The van der Waals surface area contributed by atoms with Crippen molar-refractivity contribution in [1.29, 1.82) is 0 Å². The Morgan fingerprint density at radius 2 is 1.74 bits per heavy atom. The van der Waals surface area contributed by atoms with Crippen molar-refractivity contribution < 1.29 is 18.3 Å². The van der Waals surface area contributed by atoms with Gasteiger partial charge in [0.2, 0.25) is 10.0 Å². The summed E-state index contributed by atoms with van der Waals surface area (Å²) in [6.07, 6.45) is 2.79. The molecule has 2 N–H and O–H groups in total. The minimum Gasteiger partial charge on any atom is -0.480 e. The lowest BCUT2D eigenvalue weighted by Crippen LogP contribution is -2.44. The fraction of sp³-hybridized carbons (Fsp3) is 0.158. The van der Waals surface area contributed by atoms with Crippen LogP contribution in [-0.2, 0) is 14.8 Å². The number of rotatable bonds is 6. The third kappa shape index (κ3) is 3.13. The average molecular weight is 383 g/mol. The van der Waals surface area contributed by atoms with Crippen molar-refractivity contribution in [1.82, 2.24) is 14.5 Å². The first-order chi connectivity index (χ1) is 12.9. The predicted molar refractivity (Wildman–Crippen MR) is 98.1 cm³/mol. The third-order valence-corrected chi connectivity index (χ3v) is 6.22. The van der Waals surface area contributed by atoms with Crippen LogP contribution in [0.2, 0.25) is 0 Å². The second kappa shape index (κ2) is 6.33. The average Bonchev–Trinajstić information content (AvgIpc) is 3.16. The van der Waals surface area contributed by atoms with Crippen molar-refractivity contribution in [3.63, 3.8) is 0 Å². The monoisotopic (exact) mass is 383 g/mol. The van der Waals surface area contributed by atoms with E-state index in [1.807, 2.05) is 24.3 Å². The first kappa shape index (κ1) is 17.4. The molecule has 1 aliphatic rings. The Hall–Kier alpha value is -2.97. The van der Waals surface area contributed by atoms with Crippen molar-refractivity contribution in [3.05, 3.63) is 78.6 Å². The van der Waals surface area contributed by atoms with Crippen molar-refractivity contribution in [2.24, 2.45) is 0 Å². The summed E-state index contributed by atoms with van der Waals surface area (Å²) in [6, 6.07) is 18.1. The number of benzene rings is 2. The lowest BCUT2D eigenvalue weighted by atomic mass is 10.1. The fourth-order valence-corrected chi connectivity index (χ4v) is 4.54. The zero-order valence-electron chi connectivity index (χ0n) is 14.2. The number of carbonyl (C=O) groups is 1. The molecule has 1 fully saturated rings. The molecule has 3 aromatic rings. The molecule has 1 saturated carbocycles. The van der Waals surface area contributed by atoms with Gasteiger partial charge in [0.1, 0.15) is 10.4 Å². The highest BCUT2D eigenvalue weighted by Crippen LogP contribution is 2.52. The van der Waals surface area contributed by atoms with Crippen molar-refractivity contribution in [2.75, 3.05) is 0 Å². The number of carboxylic acid groups (broad SMARTS) is 1. The van der Waals surface area contributed by atoms with Gasteiger partial charge >= 0.3 is 5.97 Å². The molecule has 0 saturated heterocycles. The van der Waals surface area contributed by atoms with E-state index in [4.69, 9.17) is 0 Å². The Kier molecular flexibility index (Phi) is 4.09. The molecule has 1 heterocycles. The zero-order chi connectivity index (χ0) is 19.1. The van der Waals surface area contributed by atoms with Gasteiger partial charge < -0.3 is 5.11 Å². The highest BCUT2D eigenvalue weighted by molar-refractivity contribution is 7.89. The standard InChI is InChI=1S/C19H17N3O4S/c23-18(24)19(11-17(19)14-7-3-1-4-8-14)21-27(25,26)16-12-20-22(13-16)15-9-5-2-6-10-15/h1-10,12-13,17,21H,11H2,(H,23,24)/t17-,19+/m1/s1. The topological polar surface area (TPSA) is 101 Å². The molecule has 8 heteroatoms. The van der Waals surface area contributed by atoms with Gasteiger partial charge in [-0.3, -0.25) is 4.79 Å². The molecule has 0 radical (unpaired) electrons. The first-order valence-electron chi connectivity index (χ1n) is 8.35. The lowest BCUT2D eigenvalue weighted by molar-refractivity contribution is -0.140. The molecule has 0 unspecified atom stereocenters. The summed E-state index contributed by atoms with van der Waals surface area (Å²) in [5, 5.41) is 13.8. The first-order valence-corrected chi connectivity index (χ1v) is 9.83. The number of hydrogen-bond donors (Lipinski definition) is 2. The number of hydrogen-bond acceptors (Lipinski definition) is 4. The SMILES string of the molecule is O=C(O)[C@]1(NS(=O)(=O)c2cnn(-c3ccccc3)c2)C[C@@H]1c1ccccc1. The van der Waals surface area contributed by atoms with Crippen LogP contribution in [0, 0.1) is 0 Å². The maximum absolute atomic E-state index is 12.8. The van der Waals surface area contributed by atoms with E-state index in [9.17, 15) is 18.3 Å². The van der Waals surface area contributed by atoms with Crippen LogP contribution in [0.15, 0.2) is 78.0 Å². The predicted octanol–water partition coefficient (Wildman–Crippen LogP) is 2.16. The van der Waals surface area contributed by atoms with Crippen LogP contribution in [0.5, 0.6) is 0 Å². The molecule has 0 aliphatic heterocycles. The number of aromatic nitrogens is 2. The van der Waals surface area contributed by atoms with Gasteiger partial charge in [-0.15, -0.1) is 0 Å². The maximum atomic E-state index is 12.8. The highest BCUT2D eigenvalue weighted by Gasteiger charge is 2.63. The Bertz CT molecular complexity index is 1080. The van der Waals surface area contributed by atoms with Crippen LogP contribution in [-0.4, -0.2) is 34.8 Å². The zero-order valence-corrected chi connectivity index (χ0v) is 15.0. The van der Waals surface area contributed by atoms with Gasteiger partial charge in [-0.1, -0.05) is 48.5 Å². The summed E-state index contributed by atoms with van der Waals surface area (Å²) in [5.41, 5.74) is -0.0299. The van der Waals surface area contributed by atoms with Gasteiger partial charge in [0.15, 0.2) is 0 Å². The van der Waals surface area contributed by atoms with Gasteiger partial charge in [0, 0.05) is 5.92 Å². The van der Waals surface area contributed by atoms with Crippen LogP contribution in [0.3, 0.4) is 0 Å². The minimum absolute atomic E-state index is 0.0781. The molecule has 1 aromatic heterocycles. The van der Waals surface area contributed by atoms with Crippen LogP contribution in [0.4, 0.5) is 0 Å². The number of nitrogens with zero attached hydrogens (tertiary/aromatic N) is 2. The molecule has 2 atom stereocenters. The Morgan fingerprint density at radius 1 is 1.11 bits per heavy atom. The smallest absolute Gasteiger partial charge is 0.325 e. The van der Waals surface area contributed by atoms with Gasteiger partial charge in [-0.2, -0.15) is 9.82 Å². The van der Waals surface area contributed by atoms with E-state index in [1.165, 1.54) is 17.1 Å². The molecular weight excluding hydrogens is 366 g/mol. The van der Waals surface area contributed by atoms with E-state index in [0.29, 0.717) is 5.69 Å².